The quantitative estimate of drug-likeness (QED) is 0.705. The molecule has 0 heterocycles. The third-order valence-electron chi connectivity index (χ3n) is 2.08. The van der Waals surface area contributed by atoms with Gasteiger partial charge in [-0.15, -0.1) is 0 Å². The fraction of sp³-hybridized carbons (Fsp3) is 0.222. The normalized spacial score (nSPS) is 15.0. The molecule has 2 rings (SSSR count). The van der Waals surface area contributed by atoms with Gasteiger partial charge in [-0.2, -0.15) is 0 Å². The predicted octanol–water partition coefficient (Wildman–Crippen LogP) is 2.90. The number of hydrogen-bond acceptors (Lipinski definition) is 1. The van der Waals surface area contributed by atoms with Gasteiger partial charge in [0.1, 0.15) is 5.82 Å². The van der Waals surface area contributed by atoms with Gasteiger partial charge in [-0.25, -0.2) is 4.39 Å². The largest absolute Gasteiger partial charge is 0.305 e. The molecule has 1 aliphatic rings. The highest BCUT2D eigenvalue weighted by molar-refractivity contribution is 9.10. The molecule has 3 heteroatoms. The molecule has 1 aromatic carbocycles. The first-order valence-corrected chi connectivity index (χ1v) is 4.53. The van der Waals surface area contributed by atoms with Crippen LogP contribution in [0.15, 0.2) is 16.6 Å². The Morgan fingerprint density at radius 1 is 1.33 bits per heavy atom. The number of nitrogens with one attached hydrogen (secondary N) is 1. The van der Waals surface area contributed by atoms with E-state index in [4.69, 9.17) is 5.41 Å². The molecule has 0 amide bonds. The van der Waals surface area contributed by atoms with Crippen molar-refractivity contribution in [1.29, 1.82) is 5.41 Å². The third kappa shape index (κ3) is 1.08. The van der Waals surface area contributed by atoms with Crippen LogP contribution in [-0.4, -0.2) is 5.71 Å². The predicted molar refractivity (Wildman–Crippen MR) is 49.2 cm³/mol. The van der Waals surface area contributed by atoms with E-state index < -0.39 is 0 Å². The molecule has 0 bridgehead atoms. The molecule has 0 radical (unpaired) electrons. The van der Waals surface area contributed by atoms with Gasteiger partial charge in [0.25, 0.3) is 0 Å². The Bertz CT molecular complexity index is 360. The lowest BCUT2D eigenvalue weighted by Crippen LogP contribution is -1.95. The highest BCUT2D eigenvalue weighted by Crippen LogP contribution is 2.27. The lowest BCUT2D eigenvalue weighted by atomic mass is 10.1. The zero-order valence-electron chi connectivity index (χ0n) is 6.32. The highest BCUT2D eigenvalue weighted by atomic mass is 79.9. The second-order valence-electron chi connectivity index (χ2n) is 2.90. The molecular formula is C9H7BrFN. The summed E-state index contributed by atoms with van der Waals surface area (Å²) in [4.78, 5) is 0. The number of aryl methyl sites for hydroxylation is 1. The summed E-state index contributed by atoms with van der Waals surface area (Å²) in [6.45, 7) is 0. The zero-order valence-corrected chi connectivity index (χ0v) is 7.91. The van der Waals surface area contributed by atoms with E-state index in [9.17, 15) is 4.39 Å². The highest BCUT2D eigenvalue weighted by Gasteiger charge is 2.20. The van der Waals surface area contributed by atoms with E-state index in [0.717, 1.165) is 16.5 Å². The number of rotatable bonds is 0. The van der Waals surface area contributed by atoms with Crippen LogP contribution in [0.5, 0.6) is 0 Å². The van der Waals surface area contributed by atoms with E-state index in [0.29, 0.717) is 17.7 Å². The van der Waals surface area contributed by atoms with E-state index in [1.165, 1.54) is 6.07 Å². The average molecular weight is 228 g/mol. The first-order valence-electron chi connectivity index (χ1n) is 3.74. The minimum Gasteiger partial charge on any atom is -0.305 e. The minimum atomic E-state index is -0.276. The molecule has 12 heavy (non-hydrogen) atoms. The summed E-state index contributed by atoms with van der Waals surface area (Å²) in [7, 11) is 0. The molecule has 62 valence electrons. The van der Waals surface area contributed by atoms with Crippen LogP contribution in [0.2, 0.25) is 0 Å². The molecule has 0 aliphatic heterocycles. The van der Waals surface area contributed by atoms with Crippen molar-refractivity contribution in [2.24, 2.45) is 0 Å². The molecule has 0 atom stereocenters. The van der Waals surface area contributed by atoms with Crippen LogP contribution in [0.1, 0.15) is 17.5 Å². The summed E-state index contributed by atoms with van der Waals surface area (Å²) >= 11 is 3.23. The first-order chi connectivity index (χ1) is 5.68. The summed E-state index contributed by atoms with van der Waals surface area (Å²) in [5.41, 5.74) is 1.89. The maximum atomic E-state index is 13.2. The third-order valence-corrected chi connectivity index (χ3v) is 2.54. The Morgan fingerprint density at radius 2 is 2.08 bits per heavy atom. The molecular weight excluding hydrogens is 221 g/mol. The Labute approximate surface area is 78.2 Å². The van der Waals surface area contributed by atoms with Gasteiger partial charge in [-0.3, -0.25) is 0 Å². The second-order valence-corrected chi connectivity index (χ2v) is 3.82. The van der Waals surface area contributed by atoms with Crippen molar-refractivity contribution in [3.8, 4) is 0 Å². The fourth-order valence-corrected chi connectivity index (χ4v) is 2.02. The van der Waals surface area contributed by atoms with Gasteiger partial charge in [0.15, 0.2) is 0 Å². The van der Waals surface area contributed by atoms with Crippen LogP contribution in [0.4, 0.5) is 4.39 Å². The van der Waals surface area contributed by atoms with Crippen LogP contribution in [0.3, 0.4) is 0 Å². The fourth-order valence-electron chi connectivity index (χ4n) is 1.55. The molecule has 0 saturated carbocycles. The summed E-state index contributed by atoms with van der Waals surface area (Å²) in [5.74, 6) is -0.276. The molecule has 0 unspecified atom stereocenters. The number of fused-ring (bicyclic) bond motifs is 1. The molecule has 1 aliphatic carbocycles. The first kappa shape index (κ1) is 7.92. The van der Waals surface area contributed by atoms with Gasteiger partial charge in [-0.05, 0) is 30.5 Å². The van der Waals surface area contributed by atoms with Gasteiger partial charge in [-0.1, -0.05) is 15.9 Å². The van der Waals surface area contributed by atoms with Gasteiger partial charge < -0.3 is 5.41 Å². The Hall–Kier alpha value is -0.700. The molecule has 0 saturated heterocycles. The van der Waals surface area contributed by atoms with E-state index in [1.807, 2.05) is 6.07 Å². The SMILES string of the molecule is N=C1CCc2cc(Br)cc(F)c21. The molecule has 1 N–H and O–H groups in total. The topological polar surface area (TPSA) is 23.9 Å². The maximum Gasteiger partial charge on any atom is 0.133 e. The van der Waals surface area contributed by atoms with Gasteiger partial charge in [0.05, 0.1) is 0 Å². The van der Waals surface area contributed by atoms with Gasteiger partial charge >= 0.3 is 0 Å². The zero-order chi connectivity index (χ0) is 8.72. The summed E-state index contributed by atoms with van der Waals surface area (Å²) in [6, 6.07) is 3.30. The average Bonchev–Trinajstić information content (AvgIpc) is 2.31. The van der Waals surface area contributed by atoms with Crippen molar-refractivity contribution in [3.05, 3.63) is 33.5 Å². The maximum absolute atomic E-state index is 13.2. The van der Waals surface area contributed by atoms with E-state index in [1.54, 1.807) is 0 Å². The smallest absolute Gasteiger partial charge is 0.133 e. The van der Waals surface area contributed by atoms with Crippen LogP contribution < -0.4 is 0 Å². The van der Waals surface area contributed by atoms with E-state index in [-0.39, 0.29) is 5.82 Å². The van der Waals surface area contributed by atoms with E-state index >= 15 is 0 Å². The van der Waals surface area contributed by atoms with Crippen LogP contribution >= 0.6 is 15.9 Å². The Morgan fingerprint density at radius 3 is 2.83 bits per heavy atom. The second kappa shape index (κ2) is 2.66. The lowest BCUT2D eigenvalue weighted by molar-refractivity contribution is 0.623. The number of halogens is 2. The lowest BCUT2D eigenvalue weighted by Gasteiger charge is -2.00. The molecule has 0 fully saturated rings. The number of benzene rings is 1. The summed E-state index contributed by atoms with van der Waals surface area (Å²) in [5, 5.41) is 7.49. The van der Waals surface area contributed by atoms with Crippen LogP contribution in [0.25, 0.3) is 0 Å². The summed E-state index contributed by atoms with van der Waals surface area (Å²) < 4.78 is 14.0. The monoisotopic (exact) mass is 227 g/mol. The van der Waals surface area contributed by atoms with Crippen molar-refractivity contribution in [3.63, 3.8) is 0 Å². The van der Waals surface area contributed by atoms with Gasteiger partial charge in [0.2, 0.25) is 0 Å². The standard InChI is InChI=1S/C9H7BrFN/c10-6-3-5-1-2-8(12)9(5)7(11)4-6/h3-4,12H,1-2H2. The molecule has 1 aromatic rings. The Balaban J connectivity index is 2.68. The van der Waals surface area contributed by atoms with Crippen molar-refractivity contribution in [2.75, 3.05) is 0 Å². The molecule has 1 nitrogen and oxygen atoms in total. The van der Waals surface area contributed by atoms with Crippen LogP contribution in [0, 0.1) is 11.2 Å². The Kier molecular flexibility index (Phi) is 1.76. The van der Waals surface area contributed by atoms with Crippen molar-refractivity contribution >= 4 is 21.6 Å². The summed E-state index contributed by atoms with van der Waals surface area (Å²) in [6.07, 6.45) is 1.47. The van der Waals surface area contributed by atoms with E-state index in [2.05, 4.69) is 15.9 Å². The van der Waals surface area contributed by atoms with Crippen molar-refractivity contribution in [1.82, 2.24) is 0 Å². The minimum absolute atomic E-state index is 0.276. The van der Waals surface area contributed by atoms with Gasteiger partial charge in [0, 0.05) is 15.7 Å². The molecule has 0 spiro atoms. The van der Waals surface area contributed by atoms with Crippen molar-refractivity contribution < 1.29 is 4.39 Å². The van der Waals surface area contributed by atoms with Crippen molar-refractivity contribution in [2.45, 2.75) is 12.8 Å². The molecule has 0 aromatic heterocycles. The number of hydrogen-bond donors (Lipinski definition) is 1. The van der Waals surface area contributed by atoms with Crippen LogP contribution in [-0.2, 0) is 6.42 Å².